The third-order valence-electron chi connectivity index (χ3n) is 4.09. The molecule has 0 aromatic heterocycles. The van der Waals surface area contributed by atoms with E-state index in [2.05, 4.69) is 18.3 Å². The number of halogens is 1. The maximum Gasteiger partial charge on any atom is 0.0591 e. The minimum Gasteiger partial charge on any atom is -0.380 e. The fourth-order valence-electron chi connectivity index (χ4n) is 2.63. The molecular formula is C20H34ClNO. The molecule has 0 bridgehead atoms. The van der Waals surface area contributed by atoms with Crippen LogP contribution in [0.1, 0.15) is 70.3 Å². The van der Waals surface area contributed by atoms with Crippen molar-refractivity contribution in [2.75, 3.05) is 19.8 Å². The maximum absolute atomic E-state index is 6.11. The van der Waals surface area contributed by atoms with Crippen LogP contribution in [-0.4, -0.2) is 19.8 Å². The standard InChI is InChI=1S/C20H34ClNO/c1-2-3-4-5-6-7-8-9-12-16-23-17-15-22-18-19-13-10-11-14-20(19)21/h10-11,13-14,22H,2-9,12,15-18H2,1H3. The Labute approximate surface area is 148 Å². The summed E-state index contributed by atoms with van der Waals surface area (Å²) in [5, 5.41) is 4.20. The number of rotatable bonds is 15. The van der Waals surface area contributed by atoms with Crippen LogP contribution >= 0.6 is 11.6 Å². The van der Waals surface area contributed by atoms with E-state index in [9.17, 15) is 0 Å². The highest BCUT2D eigenvalue weighted by Gasteiger charge is 1.97. The van der Waals surface area contributed by atoms with E-state index < -0.39 is 0 Å². The molecule has 23 heavy (non-hydrogen) atoms. The molecule has 1 N–H and O–H groups in total. The van der Waals surface area contributed by atoms with Gasteiger partial charge in [-0.15, -0.1) is 0 Å². The molecule has 2 nitrogen and oxygen atoms in total. The van der Waals surface area contributed by atoms with Gasteiger partial charge in [-0.05, 0) is 18.1 Å². The summed E-state index contributed by atoms with van der Waals surface area (Å²) in [4.78, 5) is 0. The molecule has 0 saturated carbocycles. The van der Waals surface area contributed by atoms with E-state index in [4.69, 9.17) is 16.3 Å². The second-order valence-corrected chi connectivity index (χ2v) is 6.62. The third kappa shape index (κ3) is 11.6. The van der Waals surface area contributed by atoms with Gasteiger partial charge in [0, 0.05) is 24.7 Å². The Hall–Kier alpha value is -0.570. The molecule has 0 saturated heterocycles. The Kier molecular flexibility index (Phi) is 13.3. The number of ether oxygens (including phenoxy) is 1. The van der Waals surface area contributed by atoms with Crippen LogP contribution in [0, 0.1) is 0 Å². The highest BCUT2D eigenvalue weighted by atomic mass is 35.5. The predicted molar refractivity (Wildman–Crippen MR) is 101 cm³/mol. The molecule has 0 fully saturated rings. The maximum atomic E-state index is 6.11. The lowest BCUT2D eigenvalue weighted by molar-refractivity contribution is 0.131. The smallest absolute Gasteiger partial charge is 0.0591 e. The molecule has 1 aromatic rings. The van der Waals surface area contributed by atoms with Crippen molar-refractivity contribution < 1.29 is 4.74 Å². The van der Waals surface area contributed by atoms with Gasteiger partial charge in [0.2, 0.25) is 0 Å². The van der Waals surface area contributed by atoms with Crippen molar-refractivity contribution in [1.29, 1.82) is 0 Å². The Morgan fingerprint density at radius 1 is 0.870 bits per heavy atom. The summed E-state index contributed by atoms with van der Waals surface area (Å²) >= 11 is 6.11. The number of unbranched alkanes of at least 4 members (excludes halogenated alkanes) is 8. The molecule has 0 aliphatic rings. The molecule has 0 amide bonds. The lowest BCUT2D eigenvalue weighted by Crippen LogP contribution is -2.19. The van der Waals surface area contributed by atoms with Gasteiger partial charge in [0.05, 0.1) is 6.61 Å². The first-order valence-electron chi connectivity index (χ1n) is 9.36. The van der Waals surface area contributed by atoms with Crippen LogP contribution < -0.4 is 5.32 Å². The summed E-state index contributed by atoms with van der Waals surface area (Å²) in [5.41, 5.74) is 1.15. The SMILES string of the molecule is CCCCCCCCCCCOCCNCc1ccccc1Cl. The van der Waals surface area contributed by atoms with Crippen molar-refractivity contribution in [3.8, 4) is 0 Å². The van der Waals surface area contributed by atoms with E-state index in [0.29, 0.717) is 0 Å². The summed E-state index contributed by atoms with van der Waals surface area (Å²) in [6.45, 7) is 5.63. The first kappa shape index (κ1) is 20.5. The van der Waals surface area contributed by atoms with Crippen LogP contribution in [-0.2, 0) is 11.3 Å². The minimum absolute atomic E-state index is 0.779. The third-order valence-corrected chi connectivity index (χ3v) is 4.46. The number of hydrogen-bond acceptors (Lipinski definition) is 2. The van der Waals surface area contributed by atoms with Gasteiger partial charge in [0.15, 0.2) is 0 Å². The van der Waals surface area contributed by atoms with Gasteiger partial charge >= 0.3 is 0 Å². The van der Waals surface area contributed by atoms with Gasteiger partial charge in [-0.25, -0.2) is 0 Å². The lowest BCUT2D eigenvalue weighted by atomic mass is 10.1. The summed E-state index contributed by atoms with van der Waals surface area (Å²) in [7, 11) is 0. The summed E-state index contributed by atoms with van der Waals surface area (Å²) in [6.07, 6.45) is 12.2. The van der Waals surface area contributed by atoms with Crippen molar-refractivity contribution >= 4 is 11.6 Å². The van der Waals surface area contributed by atoms with Gasteiger partial charge in [-0.3, -0.25) is 0 Å². The van der Waals surface area contributed by atoms with E-state index in [-0.39, 0.29) is 0 Å². The summed E-state index contributed by atoms with van der Waals surface area (Å²) < 4.78 is 5.67. The Morgan fingerprint density at radius 3 is 2.22 bits per heavy atom. The molecular weight excluding hydrogens is 306 g/mol. The van der Waals surface area contributed by atoms with Crippen LogP contribution in [0.25, 0.3) is 0 Å². The zero-order valence-electron chi connectivity index (χ0n) is 14.8. The van der Waals surface area contributed by atoms with Gasteiger partial charge in [0.1, 0.15) is 0 Å². The van der Waals surface area contributed by atoms with Crippen LogP contribution in [0.15, 0.2) is 24.3 Å². The van der Waals surface area contributed by atoms with Crippen LogP contribution in [0.5, 0.6) is 0 Å². The van der Waals surface area contributed by atoms with E-state index in [0.717, 1.165) is 36.9 Å². The van der Waals surface area contributed by atoms with E-state index in [1.165, 1.54) is 57.8 Å². The molecule has 1 aromatic carbocycles. The average molecular weight is 340 g/mol. The highest BCUT2D eigenvalue weighted by Crippen LogP contribution is 2.14. The topological polar surface area (TPSA) is 21.3 Å². The second-order valence-electron chi connectivity index (χ2n) is 6.21. The van der Waals surface area contributed by atoms with Crippen molar-refractivity contribution in [1.82, 2.24) is 5.32 Å². The molecule has 3 heteroatoms. The minimum atomic E-state index is 0.779. The fraction of sp³-hybridized carbons (Fsp3) is 0.700. The molecule has 0 radical (unpaired) electrons. The quantitative estimate of drug-likeness (QED) is 0.397. The molecule has 1 rings (SSSR count). The van der Waals surface area contributed by atoms with Gasteiger partial charge < -0.3 is 10.1 Å². The molecule has 0 atom stereocenters. The lowest BCUT2D eigenvalue weighted by Gasteiger charge is -2.07. The molecule has 0 unspecified atom stereocenters. The first-order chi connectivity index (χ1) is 11.3. The molecule has 0 aliphatic carbocycles. The van der Waals surface area contributed by atoms with Gasteiger partial charge in [-0.2, -0.15) is 0 Å². The molecule has 0 aliphatic heterocycles. The van der Waals surface area contributed by atoms with E-state index in [1.807, 2.05) is 18.2 Å². The predicted octanol–water partition coefficient (Wildman–Crippen LogP) is 5.98. The number of hydrogen-bond donors (Lipinski definition) is 1. The summed E-state index contributed by atoms with van der Waals surface area (Å²) in [5.74, 6) is 0. The molecule has 0 heterocycles. The number of benzene rings is 1. The van der Waals surface area contributed by atoms with Crippen LogP contribution in [0.4, 0.5) is 0 Å². The molecule has 0 spiro atoms. The summed E-state index contributed by atoms with van der Waals surface area (Å²) in [6, 6.07) is 7.96. The highest BCUT2D eigenvalue weighted by molar-refractivity contribution is 6.31. The van der Waals surface area contributed by atoms with Gasteiger partial charge in [-0.1, -0.05) is 88.1 Å². The van der Waals surface area contributed by atoms with Crippen LogP contribution in [0.2, 0.25) is 5.02 Å². The zero-order chi connectivity index (χ0) is 16.6. The Morgan fingerprint density at radius 2 is 1.52 bits per heavy atom. The van der Waals surface area contributed by atoms with Crippen molar-refractivity contribution in [3.05, 3.63) is 34.9 Å². The Bertz CT molecular complexity index is 384. The van der Waals surface area contributed by atoms with Crippen molar-refractivity contribution in [2.45, 2.75) is 71.3 Å². The van der Waals surface area contributed by atoms with E-state index in [1.54, 1.807) is 0 Å². The van der Waals surface area contributed by atoms with Gasteiger partial charge in [0.25, 0.3) is 0 Å². The number of nitrogens with one attached hydrogen (secondary N) is 1. The normalized spacial score (nSPS) is 11.0. The van der Waals surface area contributed by atoms with Crippen molar-refractivity contribution in [2.24, 2.45) is 0 Å². The van der Waals surface area contributed by atoms with Crippen LogP contribution in [0.3, 0.4) is 0 Å². The average Bonchev–Trinajstić information content (AvgIpc) is 2.57. The monoisotopic (exact) mass is 339 g/mol. The zero-order valence-corrected chi connectivity index (χ0v) is 15.5. The fourth-order valence-corrected chi connectivity index (χ4v) is 2.83. The molecule has 132 valence electrons. The second kappa shape index (κ2) is 15.0. The van der Waals surface area contributed by atoms with Crippen molar-refractivity contribution in [3.63, 3.8) is 0 Å². The largest absolute Gasteiger partial charge is 0.380 e. The Balaban J connectivity index is 1.79. The first-order valence-corrected chi connectivity index (χ1v) is 9.74. The van der Waals surface area contributed by atoms with E-state index >= 15 is 0 Å².